The molecule has 2 fully saturated rings. The van der Waals surface area contributed by atoms with Crippen LogP contribution >= 0.6 is 0 Å². The number of rotatable bonds is 3. The van der Waals surface area contributed by atoms with E-state index in [1.54, 1.807) is 6.92 Å². The highest BCUT2D eigenvalue weighted by Crippen LogP contribution is 2.17. The SMILES string of the molecule is CC(=O)N1CC(CN2CCN(C(C)C)CC2)C1. The van der Waals surface area contributed by atoms with Crippen molar-refractivity contribution in [3.63, 3.8) is 0 Å². The van der Waals surface area contributed by atoms with Gasteiger partial charge in [0.05, 0.1) is 0 Å². The fourth-order valence-corrected chi connectivity index (χ4v) is 2.77. The Bertz CT molecular complexity index is 266. The van der Waals surface area contributed by atoms with Gasteiger partial charge in [-0.15, -0.1) is 0 Å². The Morgan fingerprint density at radius 1 is 1.18 bits per heavy atom. The number of nitrogens with zero attached hydrogens (tertiary/aromatic N) is 3. The van der Waals surface area contributed by atoms with Crippen molar-refractivity contribution in [3.8, 4) is 0 Å². The van der Waals surface area contributed by atoms with Gasteiger partial charge in [-0.1, -0.05) is 0 Å². The molecule has 0 saturated carbocycles. The highest BCUT2D eigenvalue weighted by molar-refractivity contribution is 5.74. The number of hydrogen-bond donors (Lipinski definition) is 0. The molecule has 0 unspecified atom stereocenters. The van der Waals surface area contributed by atoms with Crippen LogP contribution in [0, 0.1) is 5.92 Å². The second kappa shape index (κ2) is 5.36. The smallest absolute Gasteiger partial charge is 0.219 e. The molecule has 0 atom stereocenters. The van der Waals surface area contributed by atoms with Crippen LogP contribution in [-0.2, 0) is 4.79 Å². The molecule has 0 bridgehead atoms. The van der Waals surface area contributed by atoms with Crippen molar-refractivity contribution in [1.82, 2.24) is 14.7 Å². The van der Waals surface area contributed by atoms with Crippen LogP contribution in [-0.4, -0.2) is 72.5 Å². The Morgan fingerprint density at radius 3 is 2.24 bits per heavy atom. The molecule has 0 aromatic rings. The van der Waals surface area contributed by atoms with Crippen molar-refractivity contribution < 1.29 is 4.79 Å². The maximum atomic E-state index is 11.1. The summed E-state index contributed by atoms with van der Waals surface area (Å²) in [7, 11) is 0. The Balaban J connectivity index is 1.65. The van der Waals surface area contributed by atoms with Gasteiger partial charge >= 0.3 is 0 Å². The molecular weight excluding hydrogens is 214 g/mol. The molecule has 2 saturated heterocycles. The van der Waals surface area contributed by atoms with Crippen LogP contribution in [0.2, 0.25) is 0 Å². The fraction of sp³-hybridized carbons (Fsp3) is 0.923. The van der Waals surface area contributed by atoms with E-state index in [2.05, 4.69) is 23.6 Å². The lowest BCUT2D eigenvalue weighted by Crippen LogP contribution is -2.56. The maximum Gasteiger partial charge on any atom is 0.219 e. The zero-order valence-corrected chi connectivity index (χ0v) is 11.4. The van der Waals surface area contributed by atoms with Gasteiger partial charge in [0.15, 0.2) is 0 Å². The van der Waals surface area contributed by atoms with E-state index in [1.807, 2.05) is 4.90 Å². The molecule has 98 valence electrons. The number of piperazine rings is 1. The van der Waals surface area contributed by atoms with Gasteiger partial charge in [-0.25, -0.2) is 0 Å². The van der Waals surface area contributed by atoms with E-state index in [0.29, 0.717) is 12.0 Å². The molecule has 2 rings (SSSR count). The van der Waals surface area contributed by atoms with Gasteiger partial charge < -0.3 is 9.80 Å². The third-order valence-corrected chi connectivity index (χ3v) is 4.06. The summed E-state index contributed by atoms with van der Waals surface area (Å²) >= 11 is 0. The lowest BCUT2D eigenvalue weighted by Gasteiger charge is -2.43. The molecule has 4 heteroatoms. The minimum Gasteiger partial charge on any atom is -0.342 e. The number of hydrogen-bond acceptors (Lipinski definition) is 3. The highest BCUT2D eigenvalue weighted by Gasteiger charge is 2.30. The standard InChI is InChI=1S/C13H25N3O/c1-11(2)15-6-4-14(5-7-15)8-13-9-16(10-13)12(3)17/h11,13H,4-10H2,1-3H3. The van der Waals surface area contributed by atoms with Gasteiger partial charge in [-0.3, -0.25) is 9.69 Å². The Labute approximate surface area is 105 Å². The predicted molar refractivity (Wildman–Crippen MR) is 68.9 cm³/mol. The summed E-state index contributed by atoms with van der Waals surface area (Å²) in [5.41, 5.74) is 0. The molecule has 0 spiro atoms. The first kappa shape index (κ1) is 12.8. The van der Waals surface area contributed by atoms with Crippen LogP contribution in [0.25, 0.3) is 0 Å². The van der Waals surface area contributed by atoms with Crippen molar-refractivity contribution >= 4 is 5.91 Å². The number of likely N-dealkylation sites (tertiary alicyclic amines) is 1. The van der Waals surface area contributed by atoms with Crippen molar-refractivity contribution in [3.05, 3.63) is 0 Å². The topological polar surface area (TPSA) is 26.8 Å². The zero-order chi connectivity index (χ0) is 12.4. The van der Waals surface area contributed by atoms with Crippen LogP contribution in [0.1, 0.15) is 20.8 Å². The molecule has 0 aromatic carbocycles. The van der Waals surface area contributed by atoms with Gasteiger partial charge in [-0.05, 0) is 13.8 Å². The summed E-state index contributed by atoms with van der Waals surface area (Å²) in [5, 5.41) is 0. The highest BCUT2D eigenvalue weighted by atomic mass is 16.2. The van der Waals surface area contributed by atoms with Crippen LogP contribution in [0.15, 0.2) is 0 Å². The van der Waals surface area contributed by atoms with Crippen molar-refractivity contribution in [2.75, 3.05) is 45.8 Å². The molecule has 4 nitrogen and oxygen atoms in total. The maximum absolute atomic E-state index is 11.1. The van der Waals surface area contributed by atoms with Gasteiger partial charge in [0.25, 0.3) is 0 Å². The Morgan fingerprint density at radius 2 is 1.76 bits per heavy atom. The molecular formula is C13H25N3O. The average Bonchev–Trinajstić information content (AvgIpc) is 2.23. The average molecular weight is 239 g/mol. The molecule has 0 aliphatic carbocycles. The third-order valence-electron chi connectivity index (χ3n) is 4.06. The fourth-order valence-electron chi connectivity index (χ4n) is 2.77. The summed E-state index contributed by atoms with van der Waals surface area (Å²) in [6.07, 6.45) is 0. The summed E-state index contributed by atoms with van der Waals surface area (Å²) in [5.74, 6) is 0.940. The van der Waals surface area contributed by atoms with Gasteiger partial charge in [0.2, 0.25) is 5.91 Å². The van der Waals surface area contributed by atoms with Crippen molar-refractivity contribution in [2.45, 2.75) is 26.8 Å². The molecule has 2 heterocycles. The summed E-state index contributed by atoms with van der Waals surface area (Å²) in [6.45, 7) is 14.1. The lowest BCUT2D eigenvalue weighted by atomic mass is 9.99. The third kappa shape index (κ3) is 3.19. The molecule has 0 radical (unpaired) electrons. The summed E-state index contributed by atoms with van der Waals surface area (Å²) in [4.78, 5) is 18.1. The lowest BCUT2D eigenvalue weighted by molar-refractivity contribution is -0.135. The van der Waals surface area contributed by atoms with Crippen LogP contribution in [0.4, 0.5) is 0 Å². The molecule has 0 aromatic heterocycles. The van der Waals surface area contributed by atoms with E-state index in [1.165, 1.54) is 32.7 Å². The Hall–Kier alpha value is -0.610. The monoisotopic (exact) mass is 239 g/mol. The van der Waals surface area contributed by atoms with Crippen molar-refractivity contribution in [1.29, 1.82) is 0 Å². The van der Waals surface area contributed by atoms with Crippen molar-refractivity contribution in [2.24, 2.45) is 5.92 Å². The molecule has 2 aliphatic rings. The van der Waals surface area contributed by atoms with Crippen LogP contribution in [0.3, 0.4) is 0 Å². The van der Waals surface area contributed by atoms with E-state index in [-0.39, 0.29) is 5.91 Å². The van der Waals surface area contributed by atoms with E-state index < -0.39 is 0 Å². The van der Waals surface area contributed by atoms with E-state index in [4.69, 9.17) is 0 Å². The second-order valence-electron chi connectivity index (χ2n) is 5.72. The number of amides is 1. The first-order valence-corrected chi connectivity index (χ1v) is 6.78. The molecule has 17 heavy (non-hydrogen) atoms. The van der Waals surface area contributed by atoms with E-state index in [9.17, 15) is 4.79 Å². The molecule has 2 aliphatic heterocycles. The first-order chi connectivity index (χ1) is 8.06. The largest absolute Gasteiger partial charge is 0.342 e. The second-order valence-corrected chi connectivity index (χ2v) is 5.72. The quantitative estimate of drug-likeness (QED) is 0.717. The summed E-state index contributed by atoms with van der Waals surface area (Å²) in [6, 6.07) is 0.675. The minimum atomic E-state index is 0.228. The van der Waals surface area contributed by atoms with Gasteiger partial charge in [-0.2, -0.15) is 0 Å². The van der Waals surface area contributed by atoms with E-state index >= 15 is 0 Å². The zero-order valence-electron chi connectivity index (χ0n) is 11.4. The molecule has 0 N–H and O–H groups in total. The Kier molecular flexibility index (Phi) is 4.05. The minimum absolute atomic E-state index is 0.228. The number of carbonyl (C=O) groups is 1. The van der Waals surface area contributed by atoms with Gasteiger partial charge in [0.1, 0.15) is 0 Å². The number of carbonyl (C=O) groups excluding carboxylic acids is 1. The summed E-state index contributed by atoms with van der Waals surface area (Å²) < 4.78 is 0. The van der Waals surface area contributed by atoms with Crippen LogP contribution in [0.5, 0.6) is 0 Å². The van der Waals surface area contributed by atoms with E-state index in [0.717, 1.165) is 13.1 Å². The van der Waals surface area contributed by atoms with Gasteiger partial charge in [0, 0.05) is 64.7 Å². The predicted octanol–water partition coefficient (Wildman–Crippen LogP) is 0.491. The molecule has 1 amide bonds. The first-order valence-electron chi connectivity index (χ1n) is 6.78. The normalized spacial score (nSPS) is 24.1. The van der Waals surface area contributed by atoms with Crippen LogP contribution < -0.4 is 0 Å².